The molecule has 0 aromatic heterocycles. The highest BCUT2D eigenvalue weighted by atomic mass is 16.4. The predicted molar refractivity (Wildman–Crippen MR) is 67.4 cm³/mol. The van der Waals surface area contributed by atoms with E-state index in [0.717, 1.165) is 25.9 Å². The van der Waals surface area contributed by atoms with Gasteiger partial charge in [0.15, 0.2) is 0 Å². The quantitative estimate of drug-likeness (QED) is 0.705. The molecule has 2 amide bonds. The molecule has 1 saturated carbocycles. The Hall–Kier alpha value is -1.59. The smallest absolute Gasteiger partial charge is 0.319 e. The number of hydrogen-bond acceptors (Lipinski definition) is 3. The number of carbonyl (C=O) groups is 3. The Labute approximate surface area is 112 Å². The molecule has 2 rings (SSSR count). The van der Waals surface area contributed by atoms with Gasteiger partial charge in [-0.05, 0) is 32.1 Å². The molecule has 106 valence electrons. The van der Waals surface area contributed by atoms with E-state index in [2.05, 4.69) is 5.32 Å². The lowest BCUT2D eigenvalue weighted by Gasteiger charge is -2.26. The van der Waals surface area contributed by atoms with Gasteiger partial charge in [-0.1, -0.05) is 0 Å². The highest BCUT2D eigenvalue weighted by Crippen LogP contribution is 2.45. The Bertz CT molecular complexity index is 384. The van der Waals surface area contributed by atoms with Gasteiger partial charge in [0.2, 0.25) is 11.8 Å². The molecule has 2 N–H and O–H groups in total. The molecular weight excluding hydrogens is 248 g/mol. The van der Waals surface area contributed by atoms with Crippen LogP contribution in [0.25, 0.3) is 0 Å². The Kier molecular flexibility index (Phi) is 4.07. The molecule has 2 fully saturated rings. The van der Waals surface area contributed by atoms with E-state index >= 15 is 0 Å². The zero-order valence-electron chi connectivity index (χ0n) is 11.0. The van der Waals surface area contributed by atoms with Crippen molar-refractivity contribution in [3.8, 4) is 0 Å². The normalized spacial score (nSPS) is 20.7. The summed E-state index contributed by atoms with van der Waals surface area (Å²) in [5.74, 6) is -1.47. The number of carbonyl (C=O) groups excluding carboxylic acids is 2. The highest BCUT2D eigenvalue weighted by Gasteiger charge is 2.56. The maximum atomic E-state index is 11.8. The van der Waals surface area contributed by atoms with Gasteiger partial charge in [0, 0.05) is 26.1 Å². The molecule has 1 aliphatic heterocycles. The first-order valence-electron chi connectivity index (χ1n) is 6.86. The van der Waals surface area contributed by atoms with Gasteiger partial charge in [-0.15, -0.1) is 0 Å². The molecule has 0 aromatic rings. The summed E-state index contributed by atoms with van der Waals surface area (Å²) in [5.41, 5.74) is -1.21. The fraction of sp³-hybridized carbons (Fsp3) is 0.769. The average Bonchev–Trinajstić information content (AvgIpc) is 3.21. The minimum absolute atomic E-state index is 0.0418. The van der Waals surface area contributed by atoms with Gasteiger partial charge in [0.1, 0.15) is 5.41 Å². The molecule has 0 atom stereocenters. The largest absolute Gasteiger partial charge is 0.480 e. The number of likely N-dealkylation sites (tertiary alicyclic amines) is 1. The number of nitrogens with one attached hydrogen (secondary N) is 1. The molecule has 0 unspecified atom stereocenters. The SMILES string of the molecule is O=C(CCNC(=O)C1(C(=O)O)CC1)N1CCCCC1. The first kappa shape index (κ1) is 13.8. The third-order valence-corrected chi connectivity index (χ3v) is 3.93. The van der Waals surface area contributed by atoms with E-state index in [1.165, 1.54) is 6.42 Å². The molecular formula is C13H20N2O4. The van der Waals surface area contributed by atoms with Crippen LogP contribution in [0, 0.1) is 5.41 Å². The van der Waals surface area contributed by atoms with Crippen molar-refractivity contribution in [1.29, 1.82) is 0 Å². The lowest BCUT2D eigenvalue weighted by molar-refractivity contribution is -0.149. The Balaban J connectivity index is 1.70. The van der Waals surface area contributed by atoms with Crippen LogP contribution in [0.5, 0.6) is 0 Å². The van der Waals surface area contributed by atoms with Crippen molar-refractivity contribution in [2.24, 2.45) is 5.41 Å². The van der Waals surface area contributed by atoms with Crippen LogP contribution in [-0.4, -0.2) is 47.4 Å². The van der Waals surface area contributed by atoms with Crippen LogP contribution in [0.1, 0.15) is 38.5 Å². The lowest BCUT2D eigenvalue weighted by Crippen LogP contribution is -2.40. The van der Waals surface area contributed by atoms with Gasteiger partial charge < -0.3 is 15.3 Å². The molecule has 0 bridgehead atoms. The minimum Gasteiger partial charge on any atom is -0.480 e. The minimum atomic E-state index is -1.21. The first-order valence-corrected chi connectivity index (χ1v) is 6.86. The van der Waals surface area contributed by atoms with Crippen molar-refractivity contribution in [2.75, 3.05) is 19.6 Å². The van der Waals surface area contributed by atoms with Crippen molar-refractivity contribution < 1.29 is 19.5 Å². The van der Waals surface area contributed by atoms with E-state index in [1.807, 2.05) is 4.90 Å². The van der Waals surface area contributed by atoms with Crippen molar-refractivity contribution >= 4 is 17.8 Å². The van der Waals surface area contributed by atoms with Gasteiger partial charge in [0.05, 0.1) is 0 Å². The number of carboxylic acids is 1. The number of nitrogens with zero attached hydrogens (tertiary/aromatic N) is 1. The average molecular weight is 268 g/mol. The topological polar surface area (TPSA) is 86.7 Å². The molecule has 2 aliphatic rings. The summed E-state index contributed by atoms with van der Waals surface area (Å²) in [6, 6.07) is 0. The molecule has 0 spiro atoms. The van der Waals surface area contributed by atoms with Crippen LogP contribution in [0.15, 0.2) is 0 Å². The van der Waals surface area contributed by atoms with Crippen LogP contribution in [0.4, 0.5) is 0 Å². The summed E-state index contributed by atoms with van der Waals surface area (Å²) in [6.07, 6.45) is 4.30. The Morgan fingerprint density at radius 2 is 1.74 bits per heavy atom. The molecule has 6 nitrogen and oxygen atoms in total. The second kappa shape index (κ2) is 5.59. The first-order chi connectivity index (χ1) is 9.06. The summed E-state index contributed by atoms with van der Waals surface area (Å²) in [7, 11) is 0. The molecule has 1 saturated heterocycles. The summed E-state index contributed by atoms with van der Waals surface area (Å²) in [6.45, 7) is 1.82. The lowest BCUT2D eigenvalue weighted by atomic mass is 10.1. The van der Waals surface area contributed by atoms with Crippen LogP contribution in [0.2, 0.25) is 0 Å². The number of amides is 2. The predicted octanol–water partition coefficient (Wildman–Crippen LogP) is 0.370. The van der Waals surface area contributed by atoms with Crippen molar-refractivity contribution in [3.05, 3.63) is 0 Å². The van der Waals surface area contributed by atoms with Gasteiger partial charge in [-0.3, -0.25) is 14.4 Å². The molecule has 6 heteroatoms. The zero-order chi connectivity index (χ0) is 13.9. The Morgan fingerprint density at radius 1 is 1.11 bits per heavy atom. The number of piperidine rings is 1. The maximum Gasteiger partial charge on any atom is 0.319 e. The van der Waals surface area contributed by atoms with Gasteiger partial charge in [0.25, 0.3) is 0 Å². The van der Waals surface area contributed by atoms with Crippen molar-refractivity contribution in [2.45, 2.75) is 38.5 Å². The maximum absolute atomic E-state index is 11.8. The number of aliphatic carboxylic acids is 1. The van der Waals surface area contributed by atoms with Crippen LogP contribution in [0.3, 0.4) is 0 Å². The zero-order valence-corrected chi connectivity index (χ0v) is 11.0. The standard InChI is InChI=1S/C13H20N2O4/c16-10(15-8-2-1-3-9-15)4-7-14-11(17)13(5-6-13)12(18)19/h1-9H2,(H,14,17)(H,18,19). The number of carboxylic acid groups (broad SMARTS) is 1. The van der Waals surface area contributed by atoms with Crippen molar-refractivity contribution in [1.82, 2.24) is 10.2 Å². The van der Waals surface area contributed by atoms with E-state index < -0.39 is 17.3 Å². The van der Waals surface area contributed by atoms with Crippen LogP contribution < -0.4 is 5.32 Å². The summed E-state index contributed by atoms with van der Waals surface area (Å²) < 4.78 is 0. The molecule has 19 heavy (non-hydrogen) atoms. The second-order valence-corrected chi connectivity index (χ2v) is 5.33. The van der Waals surface area contributed by atoms with Gasteiger partial charge in [-0.2, -0.15) is 0 Å². The molecule has 0 aromatic carbocycles. The fourth-order valence-corrected chi connectivity index (χ4v) is 2.42. The molecule has 0 radical (unpaired) electrons. The summed E-state index contributed by atoms with van der Waals surface area (Å²) in [4.78, 5) is 36.3. The fourth-order valence-electron chi connectivity index (χ4n) is 2.42. The monoisotopic (exact) mass is 268 g/mol. The molecule has 1 heterocycles. The molecule has 1 aliphatic carbocycles. The number of rotatable bonds is 5. The van der Waals surface area contributed by atoms with E-state index in [-0.39, 0.29) is 18.9 Å². The van der Waals surface area contributed by atoms with Crippen LogP contribution in [-0.2, 0) is 14.4 Å². The van der Waals surface area contributed by atoms with E-state index in [0.29, 0.717) is 12.8 Å². The van der Waals surface area contributed by atoms with Crippen LogP contribution >= 0.6 is 0 Å². The van der Waals surface area contributed by atoms with Crippen molar-refractivity contribution in [3.63, 3.8) is 0 Å². The van der Waals surface area contributed by atoms with E-state index in [4.69, 9.17) is 5.11 Å². The van der Waals surface area contributed by atoms with Gasteiger partial charge in [-0.25, -0.2) is 0 Å². The second-order valence-electron chi connectivity index (χ2n) is 5.33. The Morgan fingerprint density at radius 3 is 2.26 bits per heavy atom. The summed E-state index contributed by atoms with van der Waals surface area (Å²) >= 11 is 0. The van der Waals surface area contributed by atoms with Gasteiger partial charge >= 0.3 is 5.97 Å². The third kappa shape index (κ3) is 3.05. The summed E-state index contributed by atoms with van der Waals surface area (Å²) in [5, 5.41) is 11.5. The van der Waals surface area contributed by atoms with E-state index in [9.17, 15) is 14.4 Å². The van der Waals surface area contributed by atoms with E-state index in [1.54, 1.807) is 0 Å². The third-order valence-electron chi connectivity index (χ3n) is 3.93. The number of hydrogen-bond donors (Lipinski definition) is 2. The highest BCUT2D eigenvalue weighted by molar-refractivity contribution is 6.04.